The van der Waals surface area contributed by atoms with Crippen molar-refractivity contribution in [3.8, 4) is 5.75 Å². The van der Waals surface area contributed by atoms with E-state index in [-0.39, 0.29) is 31.1 Å². The van der Waals surface area contributed by atoms with Gasteiger partial charge in [-0.05, 0) is 30.3 Å². The number of anilines is 1. The molecule has 0 N–H and O–H groups in total. The summed E-state index contributed by atoms with van der Waals surface area (Å²) in [6.07, 6.45) is 0.331. The lowest BCUT2D eigenvalue weighted by atomic mass is 10.1. The zero-order valence-electron chi connectivity index (χ0n) is 12.7. The van der Waals surface area contributed by atoms with Gasteiger partial charge in [0.2, 0.25) is 5.91 Å². The Balaban J connectivity index is 2.04. The third-order valence-electron chi connectivity index (χ3n) is 3.93. The Morgan fingerprint density at radius 3 is 2.70 bits per heavy atom. The molecule has 0 atom stereocenters. The maximum absolute atomic E-state index is 13.6. The molecule has 0 aromatic heterocycles. The highest BCUT2D eigenvalue weighted by molar-refractivity contribution is 6.09. The molecule has 2 aromatic carbocycles. The first-order valence-electron chi connectivity index (χ1n) is 7.35. The van der Waals surface area contributed by atoms with Crippen LogP contribution >= 0.6 is 0 Å². The average Bonchev–Trinajstić information content (AvgIpc) is 2.68. The number of amides is 1. The number of fused-ring (bicyclic) bond motifs is 1. The van der Waals surface area contributed by atoms with Gasteiger partial charge in [-0.2, -0.15) is 0 Å². The normalized spacial score (nSPS) is 14.4. The molecule has 0 spiro atoms. The van der Waals surface area contributed by atoms with Crippen LogP contribution in [0.2, 0.25) is 0 Å². The molecule has 1 aliphatic heterocycles. The molecule has 0 saturated carbocycles. The summed E-state index contributed by atoms with van der Waals surface area (Å²) in [4.78, 5) is 26.1. The number of carbonyl (C=O) groups is 2. The minimum Gasteiger partial charge on any atom is -0.496 e. The van der Waals surface area contributed by atoms with Gasteiger partial charge in [0, 0.05) is 24.0 Å². The molecule has 3 rings (SSSR count). The van der Waals surface area contributed by atoms with Crippen molar-refractivity contribution in [1.29, 1.82) is 0 Å². The standard InChI is InChI=1S/C18H16FNO3/c1-23-17-8-6-13(19)10-12(17)11-20-15-5-3-2-4-14(15)16(21)7-9-18(20)22/h2-6,8,10H,7,9,11H2,1H3. The summed E-state index contributed by atoms with van der Waals surface area (Å²) in [6, 6.07) is 11.2. The van der Waals surface area contributed by atoms with E-state index >= 15 is 0 Å². The number of para-hydroxylation sites is 1. The minimum atomic E-state index is -0.396. The number of benzene rings is 2. The summed E-state index contributed by atoms with van der Waals surface area (Å²) < 4.78 is 18.8. The largest absolute Gasteiger partial charge is 0.496 e. The van der Waals surface area contributed by atoms with E-state index in [9.17, 15) is 14.0 Å². The van der Waals surface area contributed by atoms with Crippen LogP contribution < -0.4 is 9.64 Å². The quantitative estimate of drug-likeness (QED) is 0.873. The van der Waals surface area contributed by atoms with Crippen molar-refractivity contribution in [2.75, 3.05) is 12.0 Å². The van der Waals surface area contributed by atoms with Crippen molar-refractivity contribution in [2.45, 2.75) is 19.4 Å². The Kier molecular flexibility index (Phi) is 4.10. The summed E-state index contributed by atoms with van der Waals surface area (Å²) in [5.41, 5.74) is 1.64. The second-order valence-electron chi connectivity index (χ2n) is 5.38. The maximum Gasteiger partial charge on any atom is 0.227 e. The second-order valence-corrected chi connectivity index (χ2v) is 5.38. The SMILES string of the molecule is COc1ccc(F)cc1CN1C(=O)CCC(=O)c2ccccc21. The van der Waals surface area contributed by atoms with Gasteiger partial charge in [-0.3, -0.25) is 9.59 Å². The minimum absolute atomic E-state index is 0.0531. The molecular formula is C18H16FNO3. The molecule has 5 heteroatoms. The van der Waals surface area contributed by atoms with Crippen LogP contribution in [-0.4, -0.2) is 18.8 Å². The monoisotopic (exact) mass is 313 g/mol. The average molecular weight is 313 g/mol. The van der Waals surface area contributed by atoms with Crippen LogP contribution in [0.4, 0.5) is 10.1 Å². The first-order valence-corrected chi connectivity index (χ1v) is 7.35. The number of Topliss-reactive ketones (excluding diaryl/α,β-unsaturated/α-hetero) is 1. The number of methoxy groups -OCH3 is 1. The summed E-state index contributed by atoms with van der Waals surface area (Å²) >= 11 is 0. The molecule has 2 aromatic rings. The van der Waals surface area contributed by atoms with Crippen molar-refractivity contribution in [2.24, 2.45) is 0 Å². The fraction of sp³-hybridized carbons (Fsp3) is 0.222. The third-order valence-corrected chi connectivity index (χ3v) is 3.93. The smallest absolute Gasteiger partial charge is 0.227 e. The van der Waals surface area contributed by atoms with Crippen LogP contribution in [0, 0.1) is 5.82 Å². The number of ketones is 1. The number of rotatable bonds is 3. The first kappa shape index (κ1) is 15.2. The second kappa shape index (κ2) is 6.20. The van der Waals surface area contributed by atoms with Gasteiger partial charge in [0.15, 0.2) is 5.78 Å². The summed E-state index contributed by atoms with van der Waals surface area (Å²) in [5.74, 6) is -0.100. The fourth-order valence-electron chi connectivity index (χ4n) is 2.78. The molecule has 0 radical (unpaired) electrons. The van der Waals surface area contributed by atoms with Gasteiger partial charge in [-0.25, -0.2) is 4.39 Å². The molecule has 0 unspecified atom stereocenters. The molecule has 0 fully saturated rings. The Morgan fingerprint density at radius 2 is 1.91 bits per heavy atom. The van der Waals surface area contributed by atoms with E-state index in [0.717, 1.165) is 0 Å². The van der Waals surface area contributed by atoms with Crippen LogP contribution in [0.15, 0.2) is 42.5 Å². The zero-order chi connectivity index (χ0) is 16.4. The summed E-state index contributed by atoms with van der Waals surface area (Å²) in [7, 11) is 1.50. The van der Waals surface area contributed by atoms with Gasteiger partial charge in [0.05, 0.1) is 19.3 Å². The van der Waals surface area contributed by atoms with Crippen LogP contribution in [0.25, 0.3) is 0 Å². The van der Waals surface area contributed by atoms with Gasteiger partial charge in [-0.1, -0.05) is 12.1 Å². The number of ether oxygens (including phenoxy) is 1. The van der Waals surface area contributed by atoms with Gasteiger partial charge in [0.1, 0.15) is 11.6 Å². The van der Waals surface area contributed by atoms with Crippen LogP contribution in [0.5, 0.6) is 5.75 Å². The van der Waals surface area contributed by atoms with Crippen molar-refractivity contribution in [3.05, 3.63) is 59.4 Å². The first-order chi connectivity index (χ1) is 11.1. The number of carbonyl (C=O) groups excluding carboxylic acids is 2. The predicted molar refractivity (Wildman–Crippen MR) is 84.1 cm³/mol. The van der Waals surface area contributed by atoms with Crippen molar-refractivity contribution < 1.29 is 18.7 Å². The topological polar surface area (TPSA) is 46.6 Å². The molecule has 1 aliphatic rings. The molecule has 0 bridgehead atoms. The van der Waals surface area contributed by atoms with Gasteiger partial charge >= 0.3 is 0 Å². The summed E-state index contributed by atoms with van der Waals surface area (Å²) in [5, 5.41) is 0. The van der Waals surface area contributed by atoms with E-state index in [1.165, 1.54) is 30.2 Å². The lowest BCUT2D eigenvalue weighted by molar-refractivity contribution is -0.118. The number of nitrogens with zero attached hydrogens (tertiary/aromatic N) is 1. The lowest BCUT2D eigenvalue weighted by Crippen LogP contribution is -2.29. The zero-order valence-corrected chi connectivity index (χ0v) is 12.7. The van der Waals surface area contributed by atoms with Crippen LogP contribution in [-0.2, 0) is 11.3 Å². The molecule has 118 valence electrons. The highest BCUT2D eigenvalue weighted by Gasteiger charge is 2.27. The number of hydrogen-bond acceptors (Lipinski definition) is 3. The van der Waals surface area contributed by atoms with E-state index < -0.39 is 5.82 Å². The Labute approximate surface area is 133 Å². The molecule has 23 heavy (non-hydrogen) atoms. The Bertz CT molecular complexity index is 773. The third kappa shape index (κ3) is 2.95. The summed E-state index contributed by atoms with van der Waals surface area (Å²) in [6.45, 7) is 0.157. The van der Waals surface area contributed by atoms with E-state index in [1.807, 2.05) is 0 Å². The Morgan fingerprint density at radius 1 is 1.13 bits per heavy atom. The van der Waals surface area contributed by atoms with Gasteiger partial charge in [0.25, 0.3) is 0 Å². The Hall–Kier alpha value is -2.69. The van der Waals surface area contributed by atoms with Crippen LogP contribution in [0.1, 0.15) is 28.8 Å². The molecular weight excluding hydrogens is 297 g/mol. The molecule has 1 heterocycles. The van der Waals surface area contributed by atoms with Crippen molar-refractivity contribution in [3.63, 3.8) is 0 Å². The van der Waals surface area contributed by atoms with Gasteiger partial charge in [-0.15, -0.1) is 0 Å². The van der Waals surface area contributed by atoms with E-state index in [4.69, 9.17) is 4.74 Å². The van der Waals surface area contributed by atoms with E-state index in [1.54, 1.807) is 24.3 Å². The number of halogens is 1. The highest BCUT2D eigenvalue weighted by atomic mass is 19.1. The van der Waals surface area contributed by atoms with Crippen molar-refractivity contribution in [1.82, 2.24) is 0 Å². The molecule has 0 aliphatic carbocycles. The molecule has 1 amide bonds. The van der Waals surface area contributed by atoms with Crippen molar-refractivity contribution >= 4 is 17.4 Å². The fourth-order valence-corrected chi connectivity index (χ4v) is 2.78. The molecule has 4 nitrogen and oxygen atoms in total. The van der Waals surface area contributed by atoms with E-state index in [2.05, 4.69) is 0 Å². The number of hydrogen-bond donors (Lipinski definition) is 0. The predicted octanol–water partition coefficient (Wildman–Crippen LogP) is 3.34. The van der Waals surface area contributed by atoms with Crippen LogP contribution in [0.3, 0.4) is 0 Å². The highest BCUT2D eigenvalue weighted by Crippen LogP contribution is 2.30. The lowest BCUT2D eigenvalue weighted by Gasteiger charge is -2.23. The van der Waals surface area contributed by atoms with Gasteiger partial charge < -0.3 is 9.64 Å². The maximum atomic E-state index is 13.6. The van der Waals surface area contributed by atoms with E-state index in [0.29, 0.717) is 22.6 Å². The molecule has 0 saturated heterocycles.